The molecule has 24 N–H and O–H groups in total. The Morgan fingerprint density at radius 2 is 1.09 bits per heavy atom. The number of ether oxygens (including phenoxy) is 9. The SMILES string of the molecule is CC(=O)N[C@H]1[C@H](O[C@@H]2c3ccc(c(Cl)c3)Oc3cc4cc(c3O[C@@H]3O[C@H](CO)[C@@H](O)[C@H](O)[C@H]3NC(=O)CCCCCCC(C)C)Oc3ccc(cc3Cl)C[C@H]3NC(=O)[C@@H]([15NH]C(C)=O)c5ccc(O)c(c5)Oc5cc(O)cc(c5)[C@H](NC3=O)C(=O)N[C@H]4C(=O)N[C@H]3C(=O)N[C@@H]2C(=O)N[C@H](C(=O)NCCCN(C)C)c2cc(O)cc(O[C@H]4O[C@H](CO)[C@@H](O)C(O)=C4O)c2-c2cc3ccc2O)O[C@H](CO)[C@@H](O)[C@@H]1O. The third-order valence-corrected chi connectivity index (χ3v) is 25.1. The van der Waals surface area contributed by atoms with Crippen molar-refractivity contribution in [3.8, 4) is 80.1 Å². The van der Waals surface area contributed by atoms with Gasteiger partial charge in [0.05, 0.1) is 29.9 Å². The predicted molar refractivity (Wildman–Crippen MR) is 492 cm³/mol. The molecule has 9 aliphatic heterocycles. The highest BCUT2D eigenvalue weighted by molar-refractivity contribution is 6.32. The molecule has 756 valence electrons. The number of nitrogens with zero attached hydrogens (tertiary/aromatic N) is 1. The number of amides is 10. The van der Waals surface area contributed by atoms with Crippen molar-refractivity contribution in [3.63, 3.8) is 0 Å². The summed E-state index contributed by atoms with van der Waals surface area (Å²) in [4.78, 5) is 157. The summed E-state index contributed by atoms with van der Waals surface area (Å²) in [5.41, 5.74) is -3.46. The smallest absolute Gasteiger partial charge is 0.262 e. The molecule has 0 aliphatic carbocycles. The third kappa shape index (κ3) is 23.7. The Hall–Kier alpha value is -13.2. The average molecular weight is 2000 g/mol. The van der Waals surface area contributed by atoms with Crippen LogP contribution in [0.5, 0.6) is 69.0 Å². The minimum absolute atomic E-state index is 0.0279. The standard InChI is InChI=1S/C95H109Cl2N11O33/c1-39(2)12-9-7-8-10-13-67(118)102-75-81(123)78(120)65(37-110)138-94(75)141-85-62-31-47-32-63(85)135-59-21-17-45(29-54(59)97)84(140-93-74(100-41(4)113)80(122)77(119)64(36-109)137-93)76-92(132)106-73(87(127)98-22-11-23-108(5)6)52-34-49(115)35-61(136-95-83(125)82(124)79(121)66(38-111)139-95)68(52)51-28-43(15-18-56(51)116)70(89(129)107-76)104-91(131)72(47)105-90(130)71-46-26-48(114)33-50(27-46)133-60-30-44(16-19-57(60)117)69(99-40(3)112)88(128)101-55(86(126)103-71)25-42-14-20-58(134-62)53(96)24-42/h14-21,24,26-35,39,55,64-66,69-81,84,93-95,109-111,114-117,119-125H,7-13,22-23,25,36-38H2,1-6H3,(H,98,127)(H,99,112)(H,100,113)(H,101,128)(H,102,118)(H,103,126)(H,104,131)(H,105,130)(H,106,132)(H,107,129)/t55-,64-,65-,66-,69+,70-,71+,72-,73+,74-,75-,76+,77-,78-,79-,80-,81-,84-,93+,94+,95+/m1/s1/i99+1. The topological polar surface area (TPSA) is 661 Å². The second kappa shape index (κ2) is 44.8. The molecule has 0 aromatic heterocycles. The highest BCUT2D eigenvalue weighted by Crippen LogP contribution is 2.51. The molecule has 9 aliphatic rings. The van der Waals surface area contributed by atoms with Crippen LogP contribution < -0.4 is 76.9 Å². The van der Waals surface area contributed by atoms with Crippen molar-refractivity contribution in [3.05, 3.63) is 176 Å². The number of carbonyl (C=O) groups excluding carboxylic acids is 10. The number of aliphatic hydroxyl groups is 10. The Kier molecular flexibility index (Phi) is 32.9. The number of nitrogens with one attached hydrogen (secondary N) is 10. The van der Waals surface area contributed by atoms with E-state index < -0.39 is 327 Å². The molecule has 7 aromatic rings. The number of aliphatic hydroxyl groups excluding tert-OH is 10. The Balaban J connectivity index is 1.05. The summed E-state index contributed by atoms with van der Waals surface area (Å²) >= 11 is 14.9. The van der Waals surface area contributed by atoms with Gasteiger partial charge in [0.15, 0.2) is 35.0 Å². The summed E-state index contributed by atoms with van der Waals surface area (Å²) in [6.45, 7) is 3.21. The molecular formula is C95H109Cl2N11O33. The van der Waals surface area contributed by atoms with Crippen LogP contribution >= 0.6 is 23.2 Å². The maximum absolute atomic E-state index is 17.2. The van der Waals surface area contributed by atoms with E-state index in [-0.39, 0.29) is 46.8 Å². The Morgan fingerprint density at radius 1 is 0.511 bits per heavy atom. The minimum atomic E-state index is -2.54. The molecule has 44 nitrogen and oxygen atoms in total. The number of aromatic hydroxyl groups is 4. The van der Waals surface area contributed by atoms with Crippen LogP contribution in [0, 0.1) is 5.92 Å². The van der Waals surface area contributed by atoms with Crippen LogP contribution in [0.3, 0.4) is 0 Å². The van der Waals surface area contributed by atoms with E-state index in [1.807, 2.05) is 0 Å². The van der Waals surface area contributed by atoms with E-state index in [1.54, 1.807) is 19.0 Å². The summed E-state index contributed by atoms with van der Waals surface area (Å²) in [5, 5.41) is 186. The lowest BCUT2D eigenvalue weighted by Gasteiger charge is -2.44. The first-order valence-electron chi connectivity index (χ1n) is 45.2. The number of halogens is 2. The Bertz CT molecular complexity index is 5940. The predicted octanol–water partition coefficient (Wildman–Crippen LogP) is 2.79. The highest BCUT2D eigenvalue weighted by Gasteiger charge is 2.52. The maximum Gasteiger partial charge on any atom is 0.262 e. The van der Waals surface area contributed by atoms with Gasteiger partial charge in [-0.3, -0.25) is 47.9 Å². The molecule has 46 heteroatoms. The first-order valence-corrected chi connectivity index (χ1v) is 46.0. The molecule has 17 bridgehead atoms. The van der Waals surface area contributed by atoms with Crippen LogP contribution in [-0.2, 0) is 73.3 Å². The van der Waals surface area contributed by atoms with Gasteiger partial charge in [0, 0.05) is 56.5 Å². The average Bonchev–Trinajstić information content (AvgIpc) is 0.754. The number of unbranched alkanes of at least 4 members (excludes halogenated alkanes) is 3. The largest absolute Gasteiger partial charge is 0.508 e. The molecule has 21 atom stereocenters. The monoisotopic (exact) mass is 2000 g/mol. The fourth-order valence-corrected chi connectivity index (χ4v) is 17.8. The molecule has 10 amide bonds. The molecule has 2 saturated heterocycles. The van der Waals surface area contributed by atoms with E-state index in [0.717, 1.165) is 118 Å². The summed E-state index contributed by atoms with van der Waals surface area (Å²) in [5.74, 6) is -21.4. The van der Waals surface area contributed by atoms with Crippen molar-refractivity contribution in [2.24, 2.45) is 5.92 Å². The van der Waals surface area contributed by atoms with Gasteiger partial charge in [-0.05, 0) is 157 Å². The lowest BCUT2D eigenvalue weighted by atomic mass is 9.89. The van der Waals surface area contributed by atoms with Gasteiger partial charge in [-0.2, -0.15) is 0 Å². The van der Waals surface area contributed by atoms with Crippen molar-refractivity contribution in [2.45, 2.75) is 207 Å². The Morgan fingerprint density at radius 3 is 1.73 bits per heavy atom. The molecular weight excluding hydrogens is 1890 g/mol. The van der Waals surface area contributed by atoms with Gasteiger partial charge in [0.25, 0.3) is 6.29 Å². The van der Waals surface area contributed by atoms with Crippen LogP contribution in [0.4, 0.5) is 0 Å². The number of hydrogen-bond acceptors (Lipinski definition) is 34. The Labute approximate surface area is 814 Å². The lowest BCUT2D eigenvalue weighted by molar-refractivity contribution is -0.284. The number of carbonyl (C=O) groups is 10. The number of hydrogen-bond donors (Lipinski definition) is 24. The summed E-state index contributed by atoms with van der Waals surface area (Å²) in [6.07, 6.45) is -21.5. The van der Waals surface area contributed by atoms with E-state index in [4.69, 9.17) is 65.8 Å². The summed E-state index contributed by atoms with van der Waals surface area (Å²) in [6, 6.07) is 1.24. The highest BCUT2D eigenvalue weighted by atomic mass is 35.5. The number of benzene rings is 7. The van der Waals surface area contributed by atoms with Crippen LogP contribution in [-0.4, -0.2) is 274 Å². The molecule has 0 unspecified atom stereocenters. The normalized spacial score (nSPS) is 26.8. The lowest BCUT2D eigenvalue weighted by Crippen LogP contribution is -2.65. The minimum Gasteiger partial charge on any atom is -0.508 e. The van der Waals surface area contributed by atoms with Gasteiger partial charge >= 0.3 is 0 Å². The molecule has 9 heterocycles. The molecule has 0 spiro atoms. The van der Waals surface area contributed by atoms with Crippen molar-refractivity contribution in [1.29, 1.82) is 0 Å². The molecule has 7 aromatic carbocycles. The first-order chi connectivity index (χ1) is 67.1. The fourth-order valence-electron chi connectivity index (χ4n) is 17.3. The maximum atomic E-state index is 17.2. The third-order valence-electron chi connectivity index (χ3n) is 24.5. The van der Waals surface area contributed by atoms with Crippen LogP contribution in [0.25, 0.3) is 11.1 Å². The van der Waals surface area contributed by atoms with Crippen molar-refractivity contribution < 1.29 is 162 Å². The van der Waals surface area contributed by atoms with Gasteiger partial charge in [0.2, 0.25) is 76.9 Å². The number of fused-ring (bicyclic) bond motifs is 14. The zero-order valence-electron chi connectivity index (χ0n) is 76.6. The van der Waals surface area contributed by atoms with E-state index in [9.17, 15) is 85.9 Å². The van der Waals surface area contributed by atoms with Crippen molar-refractivity contribution in [1.82, 2.24) is 58.1 Å². The summed E-state index contributed by atoms with van der Waals surface area (Å²) in [7, 11) is 3.46. The van der Waals surface area contributed by atoms with Crippen LogP contribution in [0.2, 0.25) is 10.0 Å². The molecule has 0 radical (unpaired) electrons. The molecule has 0 saturated carbocycles. The van der Waals surface area contributed by atoms with E-state index in [2.05, 4.69) is 67.0 Å². The quantitative estimate of drug-likeness (QED) is 0.0305. The zero-order valence-corrected chi connectivity index (χ0v) is 78.1. The van der Waals surface area contributed by atoms with Gasteiger partial charge < -0.3 is 172 Å². The van der Waals surface area contributed by atoms with Crippen LogP contribution in [0.15, 0.2) is 127 Å². The van der Waals surface area contributed by atoms with Gasteiger partial charge in [0.1, 0.15) is 150 Å². The number of phenolic OH excluding ortho intramolecular Hbond substituents is 4. The first kappa shape index (κ1) is 104. The van der Waals surface area contributed by atoms with Crippen molar-refractivity contribution in [2.75, 3.05) is 47.0 Å². The van der Waals surface area contributed by atoms with Gasteiger partial charge in [-0.1, -0.05) is 87.0 Å². The molecule has 16 rings (SSSR count). The second-order valence-electron chi connectivity index (χ2n) is 35.7. The van der Waals surface area contributed by atoms with Crippen LogP contribution in [0.1, 0.15) is 148 Å². The van der Waals surface area contributed by atoms with E-state index in [1.165, 1.54) is 30.3 Å². The van der Waals surface area contributed by atoms with Gasteiger partial charge in [-0.15, -0.1) is 0 Å². The van der Waals surface area contributed by atoms with Crippen molar-refractivity contribution >= 4 is 82.3 Å². The summed E-state index contributed by atoms with van der Waals surface area (Å²) < 4.78 is 58.2. The van der Waals surface area contributed by atoms with E-state index >= 15 is 33.6 Å². The molecule has 2 fully saturated rings. The number of phenols is 4. The second-order valence-corrected chi connectivity index (χ2v) is 36.5. The van der Waals surface area contributed by atoms with E-state index in [0.29, 0.717) is 25.3 Å². The van der Waals surface area contributed by atoms with Gasteiger partial charge in [-0.25, -0.2) is 0 Å². The zero-order chi connectivity index (χ0) is 102. The number of rotatable bonds is 24. The fraction of sp³-hybridized carbons (Fsp3) is 0.432. The molecule has 141 heavy (non-hydrogen) atoms.